The summed E-state index contributed by atoms with van der Waals surface area (Å²) in [5.41, 5.74) is 0.969. The number of carbonyl (C=O) groups is 2. The molecule has 41 heavy (non-hydrogen) atoms. The lowest BCUT2D eigenvalue weighted by Gasteiger charge is -2.13. The molecule has 1 aliphatic rings. The van der Waals surface area contributed by atoms with Crippen LogP contribution in [0.4, 0.5) is 0 Å². The minimum Gasteiger partial charge on any atom is -0.377 e. The smallest absolute Gasteiger partial charge is 0.297 e. The van der Waals surface area contributed by atoms with Gasteiger partial charge in [0, 0.05) is 12.2 Å². The van der Waals surface area contributed by atoms with Gasteiger partial charge in [-0.05, 0) is 19.1 Å². The van der Waals surface area contributed by atoms with E-state index in [0.717, 1.165) is 10.5 Å². The van der Waals surface area contributed by atoms with Gasteiger partial charge >= 0.3 is 0 Å². The van der Waals surface area contributed by atoms with E-state index in [0.29, 0.717) is 79.3 Å². The topological polar surface area (TPSA) is 145 Å². The van der Waals surface area contributed by atoms with E-state index in [1.807, 2.05) is 6.92 Å². The number of imide groups is 1. The van der Waals surface area contributed by atoms with E-state index in [1.165, 1.54) is 24.3 Å². The van der Waals surface area contributed by atoms with Gasteiger partial charge in [0.25, 0.3) is 21.9 Å². The average molecular weight is 604 g/mol. The summed E-state index contributed by atoms with van der Waals surface area (Å²) in [4.78, 5) is 24.0. The lowest BCUT2D eigenvalue weighted by molar-refractivity contribution is -0.137. The van der Waals surface area contributed by atoms with Crippen LogP contribution in [0.25, 0.3) is 0 Å². The zero-order valence-electron chi connectivity index (χ0n) is 23.5. The van der Waals surface area contributed by atoms with Crippen molar-refractivity contribution in [2.45, 2.75) is 11.8 Å². The molecule has 14 heteroatoms. The van der Waals surface area contributed by atoms with Crippen molar-refractivity contribution >= 4 is 21.9 Å². The Kier molecular flexibility index (Phi) is 18.3. The fourth-order valence-corrected chi connectivity index (χ4v) is 4.10. The number of benzene rings is 1. The van der Waals surface area contributed by atoms with Crippen LogP contribution in [0, 0.1) is 6.92 Å². The van der Waals surface area contributed by atoms with Crippen LogP contribution in [0.3, 0.4) is 0 Å². The molecule has 2 amide bonds. The Morgan fingerprint density at radius 1 is 0.537 bits per heavy atom. The molecule has 0 saturated heterocycles. The van der Waals surface area contributed by atoms with Gasteiger partial charge in [-0.1, -0.05) is 17.7 Å². The maximum atomic E-state index is 12.0. The first-order valence-corrected chi connectivity index (χ1v) is 14.8. The first kappa shape index (κ1) is 34.9. The zero-order chi connectivity index (χ0) is 29.6. The van der Waals surface area contributed by atoms with E-state index in [9.17, 15) is 18.0 Å². The normalized spacial score (nSPS) is 13.5. The van der Waals surface area contributed by atoms with E-state index in [-0.39, 0.29) is 43.1 Å². The highest BCUT2D eigenvalue weighted by Gasteiger charge is 2.22. The van der Waals surface area contributed by atoms with Gasteiger partial charge in [-0.3, -0.25) is 18.7 Å². The van der Waals surface area contributed by atoms with Gasteiger partial charge in [0.05, 0.1) is 111 Å². The third-order valence-electron chi connectivity index (χ3n) is 5.37. The van der Waals surface area contributed by atoms with Crippen molar-refractivity contribution < 1.29 is 55.3 Å². The molecule has 0 aliphatic carbocycles. The molecule has 1 aliphatic heterocycles. The number of nitrogens with zero attached hydrogens (tertiary/aromatic N) is 1. The molecule has 1 aromatic rings. The van der Waals surface area contributed by atoms with Crippen molar-refractivity contribution in [1.82, 2.24) is 4.90 Å². The maximum Gasteiger partial charge on any atom is 0.297 e. The number of amides is 2. The Balaban J connectivity index is 1.23. The van der Waals surface area contributed by atoms with Gasteiger partial charge < -0.3 is 33.2 Å². The highest BCUT2D eigenvalue weighted by atomic mass is 32.2. The van der Waals surface area contributed by atoms with Crippen LogP contribution in [0.1, 0.15) is 5.56 Å². The summed E-state index contributed by atoms with van der Waals surface area (Å²) in [6, 6.07) is 6.45. The van der Waals surface area contributed by atoms with E-state index in [2.05, 4.69) is 0 Å². The molecule has 0 radical (unpaired) electrons. The number of ether oxygens (including phenoxy) is 7. The van der Waals surface area contributed by atoms with Gasteiger partial charge in [-0.25, -0.2) is 0 Å². The van der Waals surface area contributed by atoms with Crippen LogP contribution in [-0.2, 0) is 57.0 Å². The molecule has 0 aromatic heterocycles. The molecule has 2 rings (SSSR count). The third-order valence-corrected chi connectivity index (χ3v) is 6.69. The first-order chi connectivity index (χ1) is 19.9. The molecule has 0 fully saturated rings. The number of rotatable bonds is 26. The second kappa shape index (κ2) is 21.4. The molecular formula is C27H41NO12S. The Labute approximate surface area is 241 Å². The predicted molar refractivity (Wildman–Crippen MR) is 146 cm³/mol. The monoisotopic (exact) mass is 603 g/mol. The summed E-state index contributed by atoms with van der Waals surface area (Å²) >= 11 is 0. The maximum absolute atomic E-state index is 12.0. The Morgan fingerprint density at radius 3 is 1.27 bits per heavy atom. The van der Waals surface area contributed by atoms with Crippen LogP contribution in [0.2, 0.25) is 0 Å². The van der Waals surface area contributed by atoms with Crippen LogP contribution in [0.5, 0.6) is 0 Å². The molecular weight excluding hydrogens is 562 g/mol. The van der Waals surface area contributed by atoms with Crippen molar-refractivity contribution in [3.05, 3.63) is 42.0 Å². The predicted octanol–water partition coefficient (Wildman–Crippen LogP) is 0.742. The molecule has 0 unspecified atom stereocenters. The summed E-state index contributed by atoms with van der Waals surface area (Å²) in [5.74, 6) is -0.630. The minimum absolute atomic E-state index is 0.0672. The largest absolute Gasteiger partial charge is 0.377 e. The number of aryl methyl sites for hydroxylation is 1. The Morgan fingerprint density at radius 2 is 0.878 bits per heavy atom. The SMILES string of the molecule is Cc1ccc(S(=O)(=O)OCCOCCOCCOCCOCCOCCOCCOCCN2C(=O)C=CC2=O)cc1. The minimum atomic E-state index is -3.78. The summed E-state index contributed by atoms with van der Waals surface area (Å²) in [6.07, 6.45) is 2.49. The van der Waals surface area contributed by atoms with Crippen molar-refractivity contribution in [2.24, 2.45) is 0 Å². The number of carbonyl (C=O) groups excluding carboxylic acids is 2. The van der Waals surface area contributed by atoms with Gasteiger partial charge in [-0.2, -0.15) is 8.42 Å². The molecule has 232 valence electrons. The van der Waals surface area contributed by atoms with Crippen LogP contribution in [-0.4, -0.2) is 131 Å². The summed E-state index contributed by atoms with van der Waals surface area (Å²) in [5, 5.41) is 0. The van der Waals surface area contributed by atoms with Gasteiger partial charge in [0.1, 0.15) is 0 Å². The molecule has 0 spiro atoms. The Hall–Kier alpha value is -2.27. The van der Waals surface area contributed by atoms with Gasteiger partial charge in [-0.15, -0.1) is 0 Å². The van der Waals surface area contributed by atoms with Gasteiger partial charge in [0.2, 0.25) is 0 Å². The van der Waals surface area contributed by atoms with E-state index in [4.69, 9.17) is 37.3 Å². The highest BCUT2D eigenvalue weighted by Crippen LogP contribution is 2.12. The van der Waals surface area contributed by atoms with Crippen molar-refractivity contribution in [3.8, 4) is 0 Å². The molecule has 13 nitrogen and oxygen atoms in total. The molecule has 0 saturated carbocycles. The summed E-state index contributed by atoms with van der Waals surface area (Å²) in [7, 11) is -3.78. The lowest BCUT2D eigenvalue weighted by Crippen LogP contribution is -2.33. The second-order valence-corrected chi connectivity index (χ2v) is 10.2. The van der Waals surface area contributed by atoms with Crippen molar-refractivity contribution in [1.29, 1.82) is 0 Å². The number of hydrogen-bond acceptors (Lipinski definition) is 12. The number of hydrogen-bond donors (Lipinski definition) is 0. The molecule has 1 heterocycles. The molecule has 1 aromatic carbocycles. The van der Waals surface area contributed by atoms with E-state index in [1.54, 1.807) is 12.1 Å². The first-order valence-electron chi connectivity index (χ1n) is 13.4. The van der Waals surface area contributed by atoms with Gasteiger partial charge in [0.15, 0.2) is 0 Å². The zero-order valence-corrected chi connectivity index (χ0v) is 24.3. The molecule has 0 atom stereocenters. The summed E-state index contributed by atoms with van der Waals surface area (Å²) < 4.78 is 66.7. The second-order valence-electron chi connectivity index (χ2n) is 8.54. The third kappa shape index (κ3) is 16.1. The molecule has 0 bridgehead atoms. The fraction of sp³-hybridized carbons (Fsp3) is 0.630. The fourth-order valence-electron chi connectivity index (χ4n) is 3.20. The summed E-state index contributed by atoms with van der Waals surface area (Å²) in [6.45, 7) is 7.34. The van der Waals surface area contributed by atoms with Crippen LogP contribution >= 0.6 is 0 Å². The highest BCUT2D eigenvalue weighted by molar-refractivity contribution is 7.86. The average Bonchev–Trinajstić information content (AvgIpc) is 3.27. The molecule has 0 N–H and O–H groups in total. The lowest BCUT2D eigenvalue weighted by atomic mass is 10.2. The van der Waals surface area contributed by atoms with E-state index < -0.39 is 10.1 Å². The Bertz CT molecular complexity index is 982. The van der Waals surface area contributed by atoms with Crippen molar-refractivity contribution in [2.75, 3.05) is 106 Å². The van der Waals surface area contributed by atoms with Crippen molar-refractivity contribution in [3.63, 3.8) is 0 Å². The van der Waals surface area contributed by atoms with Crippen LogP contribution in [0.15, 0.2) is 41.3 Å². The standard InChI is InChI=1S/C27H41NO12S/c1-24-2-4-25(5-3-24)41(31,32)40-23-22-39-21-20-38-19-18-37-17-16-36-15-14-35-13-12-34-11-10-33-9-8-28-26(29)6-7-27(28)30/h2-7H,8-23H2,1H3. The quantitative estimate of drug-likeness (QED) is 0.0836. The van der Waals surface area contributed by atoms with E-state index >= 15 is 0 Å². The van der Waals surface area contributed by atoms with Crippen LogP contribution < -0.4 is 0 Å².